The highest BCUT2D eigenvalue weighted by molar-refractivity contribution is 7.99. The molecule has 7 heteroatoms. The average molecular weight is 275 g/mol. The molecule has 2 rings (SSSR count). The van der Waals surface area contributed by atoms with Crippen molar-refractivity contribution in [1.29, 1.82) is 0 Å². The zero-order valence-electron chi connectivity index (χ0n) is 9.72. The zero-order valence-corrected chi connectivity index (χ0v) is 11.4. The van der Waals surface area contributed by atoms with Gasteiger partial charge in [0.15, 0.2) is 5.03 Å². The van der Waals surface area contributed by atoms with E-state index in [-0.39, 0.29) is 11.1 Å². The van der Waals surface area contributed by atoms with E-state index in [1.54, 1.807) is 0 Å². The van der Waals surface area contributed by atoms with Crippen molar-refractivity contribution in [3.63, 3.8) is 0 Å². The quantitative estimate of drug-likeness (QED) is 0.851. The van der Waals surface area contributed by atoms with Gasteiger partial charge in [-0.25, -0.2) is 13.1 Å². The maximum Gasteiger partial charge on any atom is 0.257 e. The van der Waals surface area contributed by atoms with Gasteiger partial charge in [0.05, 0.1) is 6.20 Å². The number of nitrogens with zero attached hydrogens (tertiary/aromatic N) is 1. The normalized spacial score (nSPS) is 25.2. The molecule has 2 atom stereocenters. The molecule has 1 heterocycles. The van der Waals surface area contributed by atoms with E-state index in [0.717, 1.165) is 25.0 Å². The third kappa shape index (κ3) is 3.23. The van der Waals surface area contributed by atoms with Crippen molar-refractivity contribution in [3.8, 4) is 0 Å². The standard InChI is InChI=1S/C10H17N3O2S2/c1-2-16-9-4-3-8(7-9)13-17(14,15)10-5-6-11-12-10/h5-6,8-9,13H,2-4,7H2,1H3,(H,11,12). The first-order valence-electron chi connectivity index (χ1n) is 5.75. The number of aromatic nitrogens is 2. The first kappa shape index (κ1) is 12.9. The van der Waals surface area contributed by atoms with E-state index < -0.39 is 10.0 Å². The summed E-state index contributed by atoms with van der Waals surface area (Å²) in [6.45, 7) is 2.13. The molecule has 1 saturated carbocycles. The predicted molar refractivity (Wildman–Crippen MR) is 68.5 cm³/mol. The molecule has 0 radical (unpaired) electrons. The molecule has 0 aromatic carbocycles. The molecule has 1 aromatic rings. The maximum atomic E-state index is 11.9. The van der Waals surface area contributed by atoms with Gasteiger partial charge in [0.1, 0.15) is 0 Å². The van der Waals surface area contributed by atoms with Gasteiger partial charge >= 0.3 is 0 Å². The van der Waals surface area contributed by atoms with Crippen LogP contribution >= 0.6 is 11.8 Å². The summed E-state index contributed by atoms with van der Waals surface area (Å²) in [5.74, 6) is 1.09. The van der Waals surface area contributed by atoms with E-state index in [2.05, 4.69) is 21.8 Å². The van der Waals surface area contributed by atoms with Gasteiger partial charge in [-0.15, -0.1) is 0 Å². The lowest BCUT2D eigenvalue weighted by atomic mass is 10.3. The number of aromatic amines is 1. The maximum absolute atomic E-state index is 11.9. The number of thioether (sulfide) groups is 1. The fourth-order valence-electron chi connectivity index (χ4n) is 2.11. The first-order valence-corrected chi connectivity index (χ1v) is 8.28. The molecule has 2 N–H and O–H groups in total. The largest absolute Gasteiger partial charge is 0.266 e. The van der Waals surface area contributed by atoms with Crippen molar-refractivity contribution >= 4 is 21.8 Å². The number of H-pyrrole nitrogens is 1. The number of sulfonamides is 1. The Bertz CT molecular complexity index is 444. The van der Waals surface area contributed by atoms with Crippen LogP contribution in [0.5, 0.6) is 0 Å². The molecule has 0 saturated heterocycles. The second-order valence-corrected chi connectivity index (χ2v) is 7.39. The van der Waals surface area contributed by atoms with Crippen LogP contribution in [0.3, 0.4) is 0 Å². The third-order valence-corrected chi connectivity index (χ3v) is 5.56. The summed E-state index contributed by atoms with van der Waals surface area (Å²) >= 11 is 1.91. The molecule has 17 heavy (non-hydrogen) atoms. The van der Waals surface area contributed by atoms with Crippen molar-refractivity contribution in [2.45, 2.75) is 42.5 Å². The van der Waals surface area contributed by atoms with E-state index in [9.17, 15) is 8.42 Å². The lowest BCUT2D eigenvalue weighted by Crippen LogP contribution is -2.33. The van der Waals surface area contributed by atoms with Crippen LogP contribution in [-0.4, -0.2) is 35.7 Å². The van der Waals surface area contributed by atoms with Gasteiger partial charge in [-0.2, -0.15) is 16.9 Å². The summed E-state index contributed by atoms with van der Waals surface area (Å²) in [7, 11) is -3.42. The van der Waals surface area contributed by atoms with Crippen LogP contribution in [0.4, 0.5) is 0 Å². The van der Waals surface area contributed by atoms with Crippen LogP contribution < -0.4 is 4.72 Å². The molecule has 2 unspecified atom stereocenters. The van der Waals surface area contributed by atoms with Crippen LogP contribution in [-0.2, 0) is 10.0 Å². The average Bonchev–Trinajstić information content (AvgIpc) is 2.88. The summed E-state index contributed by atoms with van der Waals surface area (Å²) in [4.78, 5) is 0. The van der Waals surface area contributed by atoms with Crippen LogP contribution in [0.1, 0.15) is 26.2 Å². The Morgan fingerprint density at radius 2 is 2.41 bits per heavy atom. The highest BCUT2D eigenvalue weighted by Gasteiger charge is 2.29. The smallest absolute Gasteiger partial charge is 0.257 e. The molecule has 1 fully saturated rings. The number of rotatable bonds is 5. The van der Waals surface area contributed by atoms with E-state index in [1.165, 1.54) is 12.3 Å². The minimum atomic E-state index is -3.42. The van der Waals surface area contributed by atoms with Crippen LogP contribution in [0.25, 0.3) is 0 Å². The summed E-state index contributed by atoms with van der Waals surface area (Å²) in [5, 5.41) is 6.88. The Balaban J connectivity index is 1.94. The van der Waals surface area contributed by atoms with E-state index in [0.29, 0.717) is 5.25 Å². The molecule has 0 spiro atoms. The molecule has 96 valence electrons. The molecule has 1 aliphatic rings. The first-order chi connectivity index (χ1) is 8.12. The van der Waals surface area contributed by atoms with Crippen LogP contribution in [0.2, 0.25) is 0 Å². The topological polar surface area (TPSA) is 74.8 Å². The van der Waals surface area contributed by atoms with Crippen LogP contribution in [0.15, 0.2) is 17.3 Å². The predicted octanol–water partition coefficient (Wildman–Crippen LogP) is 1.36. The Hall–Kier alpha value is -0.530. The van der Waals surface area contributed by atoms with Gasteiger partial charge < -0.3 is 0 Å². The number of hydrogen-bond donors (Lipinski definition) is 2. The van der Waals surface area contributed by atoms with Gasteiger partial charge in [-0.3, -0.25) is 5.10 Å². The Labute approximate surface area is 106 Å². The highest BCUT2D eigenvalue weighted by Crippen LogP contribution is 2.30. The summed E-state index contributed by atoms with van der Waals surface area (Å²) in [5.41, 5.74) is 0. The fraction of sp³-hybridized carbons (Fsp3) is 0.700. The molecule has 0 aliphatic heterocycles. The van der Waals surface area contributed by atoms with Crippen molar-refractivity contribution in [2.24, 2.45) is 0 Å². The second kappa shape index (κ2) is 5.41. The van der Waals surface area contributed by atoms with Crippen LogP contribution in [0, 0.1) is 0 Å². The van der Waals surface area contributed by atoms with Crippen molar-refractivity contribution in [1.82, 2.24) is 14.9 Å². The minimum Gasteiger partial charge on any atom is -0.266 e. The Kier molecular flexibility index (Phi) is 4.11. The molecular formula is C10H17N3O2S2. The lowest BCUT2D eigenvalue weighted by Gasteiger charge is -2.12. The monoisotopic (exact) mass is 275 g/mol. The van der Waals surface area contributed by atoms with Crippen molar-refractivity contribution < 1.29 is 8.42 Å². The number of hydrogen-bond acceptors (Lipinski definition) is 4. The molecular weight excluding hydrogens is 258 g/mol. The van der Waals surface area contributed by atoms with E-state index >= 15 is 0 Å². The molecule has 1 aliphatic carbocycles. The Morgan fingerprint density at radius 1 is 1.59 bits per heavy atom. The molecule has 5 nitrogen and oxygen atoms in total. The van der Waals surface area contributed by atoms with E-state index in [4.69, 9.17) is 0 Å². The number of nitrogens with one attached hydrogen (secondary N) is 2. The van der Waals surface area contributed by atoms with Gasteiger partial charge in [0, 0.05) is 11.3 Å². The third-order valence-electron chi connectivity index (χ3n) is 2.87. The summed E-state index contributed by atoms with van der Waals surface area (Å²) < 4.78 is 26.6. The summed E-state index contributed by atoms with van der Waals surface area (Å²) in [6.07, 6.45) is 4.38. The fourth-order valence-corrected chi connectivity index (χ4v) is 4.45. The Morgan fingerprint density at radius 3 is 3.06 bits per heavy atom. The van der Waals surface area contributed by atoms with Gasteiger partial charge in [0.25, 0.3) is 10.0 Å². The highest BCUT2D eigenvalue weighted by atomic mass is 32.2. The minimum absolute atomic E-state index is 0.0624. The van der Waals surface area contributed by atoms with E-state index in [1.807, 2.05) is 11.8 Å². The molecule has 1 aromatic heterocycles. The molecule has 0 bridgehead atoms. The SMILES string of the molecule is CCSC1CCC(NS(=O)(=O)c2ccn[nH]2)C1. The molecule has 0 amide bonds. The zero-order chi connectivity index (χ0) is 12.3. The van der Waals surface area contributed by atoms with Crippen molar-refractivity contribution in [3.05, 3.63) is 12.3 Å². The van der Waals surface area contributed by atoms with Crippen molar-refractivity contribution in [2.75, 3.05) is 5.75 Å². The lowest BCUT2D eigenvalue weighted by molar-refractivity contribution is 0.549. The van der Waals surface area contributed by atoms with Gasteiger partial charge in [-0.05, 0) is 31.1 Å². The summed E-state index contributed by atoms with van der Waals surface area (Å²) in [6, 6.07) is 1.53. The van der Waals surface area contributed by atoms with Gasteiger partial charge in [-0.1, -0.05) is 6.92 Å². The second-order valence-electron chi connectivity index (χ2n) is 4.13. The van der Waals surface area contributed by atoms with Gasteiger partial charge in [0.2, 0.25) is 0 Å².